The molecule has 0 aliphatic heterocycles. The highest BCUT2D eigenvalue weighted by atomic mass is 32.2. The molecule has 0 spiro atoms. The fourth-order valence-electron chi connectivity index (χ4n) is 0.955. The van der Waals surface area contributed by atoms with Crippen molar-refractivity contribution in [3.05, 3.63) is 16.6 Å². The van der Waals surface area contributed by atoms with Crippen molar-refractivity contribution in [1.82, 2.24) is 10.3 Å². The van der Waals surface area contributed by atoms with Crippen LogP contribution in [0.15, 0.2) is 11.6 Å². The number of nitrogens with zero attached hydrogens (tertiary/aromatic N) is 1. The highest BCUT2D eigenvalue weighted by Crippen LogP contribution is 2.05. The third kappa shape index (κ3) is 4.64. The van der Waals surface area contributed by atoms with Gasteiger partial charge in [-0.1, -0.05) is 6.92 Å². The molecule has 1 heterocycles. The number of aromatic nitrogens is 1. The summed E-state index contributed by atoms with van der Waals surface area (Å²) in [6.45, 7) is 5.32. The van der Waals surface area contributed by atoms with Gasteiger partial charge in [0.2, 0.25) is 0 Å². The van der Waals surface area contributed by atoms with Crippen LogP contribution in [0.25, 0.3) is 0 Å². The van der Waals surface area contributed by atoms with E-state index in [1.54, 1.807) is 11.3 Å². The number of rotatable bonds is 6. The molecule has 0 radical (unpaired) electrons. The molecule has 0 amide bonds. The zero-order chi connectivity index (χ0) is 9.52. The molecule has 13 heavy (non-hydrogen) atoms. The van der Waals surface area contributed by atoms with E-state index in [0.29, 0.717) is 6.04 Å². The smallest absolute Gasteiger partial charge is 0.106 e. The highest BCUT2D eigenvalue weighted by Gasteiger charge is 2.01. The monoisotopic (exact) mass is 216 g/mol. The Hall–Kier alpha value is -0.0600. The van der Waals surface area contributed by atoms with E-state index in [-0.39, 0.29) is 0 Å². The second-order valence-corrected chi connectivity index (χ2v) is 5.17. The summed E-state index contributed by atoms with van der Waals surface area (Å²) in [6, 6.07) is 0.578. The number of hydrogen-bond donors (Lipinski definition) is 1. The van der Waals surface area contributed by atoms with Crippen LogP contribution in [0.2, 0.25) is 0 Å². The van der Waals surface area contributed by atoms with Gasteiger partial charge in [-0.2, -0.15) is 11.8 Å². The molecule has 0 aliphatic rings. The van der Waals surface area contributed by atoms with E-state index in [0.717, 1.165) is 6.54 Å². The van der Waals surface area contributed by atoms with Gasteiger partial charge < -0.3 is 5.32 Å². The van der Waals surface area contributed by atoms with Gasteiger partial charge in [-0.05, 0) is 12.7 Å². The topological polar surface area (TPSA) is 24.9 Å². The van der Waals surface area contributed by atoms with E-state index in [2.05, 4.69) is 24.1 Å². The Morgan fingerprint density at radius 1 is 1.69 bits per heavy atom. The fraction of sp³-hybridized carbons (Fsp3) is 0.667. The predicted octanol–water partition coefficient (Wildman–Crippen LogP) is 2.37. The summed E-state index contributed by atoms with van der Waals surface area (Å²) in [7, 11) is 0. The Kier molecular flexibility index (Phi) is 5.43. The summed E-state index contributed by atoms with van der Waals surface area (Å²) in [5.41, 5.74) is 0. The van der Waals surface area contributed by atoms with Gasteiger partial charge in [0.1, 0.15) is 5.01 Å². The Morgan fingerprint density at radius 2 is 2.54 bits per heavy atom. The normalized spacial score (nSPS) is 13.1. The van der Waals surface area contributed by atoms with E-state index in [4.69, 9.17) is 0 Å². The van der Waals surface area contributed by atoms with Gasteiger partial charge >= 0.3 is 0 Å². The van der Waals surface area contributed by atoms with Crippen molar-refractivity contribution in [2.45, 2.75) is 26.4 Å². The van der Waals surface area contributed by atoms with Gasteiger partial charge in [0.15, 0.2) is 0 Å². The van der Waals surface area contributed by atoms with Gasteiger partial charge in [-0.25, -0.2) is 4.98 Å². The number of thioether (sulfide) groups is 1. The zero-order valence-electron chi connectivity index (χ0n) is 8.12. The van der Waals surface area contributed by atoms with Gasteiger partial charge in [0, 0.05) is 29.9 Å². The summed E-state index contributed by atoms with van der Waals surface area (Å²) >= 11 is 3.68. The maximum absolute atomic E-state index is 4.22. The fourth-order valence-corrected chi connectivity index (χ4v) is 2.23. The molecule has 0 fully saturated rings. The molecule has 0 bridgehead atoms. The maximum atomic E-state index is 4.22. The lowest BCUT2D eigenvalue weighted by atomic mass is 10.4. The minimum absolute atomic E-state index is 0.578. The molecular weight excluding hydrogens is 200 g/mol. The Labute approximate surface area is 88.2 Å². The van der Waals surface area contributed by atoms with Crippen LogP contribution in [0.3, 0.4) is 0 Å². The van der Waals surface area contributed by atoms with Crippen LogP contribution in [0.4, 0.5) is 0 Å². The standard InChI is InChI=1S/C9H16N2S2/c1-3-12-7-8(2)11-6-9-10-4-5-13-9/h4-5,8,11H,3,6-7H2,1-2H3. The second-order valence-electron chi connectivity index (χ2n) is 2.87. The Balaban J connectivity index is 2.11. The molecule has 0 aliphatic carbocycles. The van der Waals surface area contributed by atoms with Gasteiger partial charge in [-0.15, -0.1) is 11.3 Å². The molecule has 74 valence electrons. The average Bonchev–Trinajstić information content (AvgIpc) is 2.64. The molecule has 2 nitrogen and oxygen atoms in total. The molecule has 1 aromatic heterocycles. The molecule has 0 saturated heterocycles. The molecule has 4 heteroatoms. The van der Waals surface area contributed by atoms with Crippen molar-refractivity contribution in [1.29, 1.82) is 0 Å². The summed E-state index contributed by atoms with van der Waals surface area (Å²) in [5.74, 6) is 2.38. The lowest BCUT2D eigenvalue weighted by Crippen LogP contribution is -2.27. The van der Waals surface area contributed by atoms with E-state index in [1.165, 1.54) is 16.5 Å². The summed E-state index contributed by atoms with van der Waals surface area (Å²) in [6.07, 6.45) is 1.85. The summed E-state index contributed by atoms with van der Waals surface area (Å²) in [4.78, 5) is 4.22. The van der Waals surface area contributed by atoms with Gasteiger partial charge in [0.25, 0.3) is 0 Å². The van der Waals surface area contributed by atoms with E-state index in [9.17, 15) is 0 Å². The SMILES string of the molecule is CCSCC(C)NCc1nccs1. The van der Waals surface area contributed by atoms with E-state index >= 15 is 0 Å². The number of nitrogens with one attached hydrogen (secondary N) is 1. The molecule has 0 aromatic carbocycles. The quantitative estimate of drug-likeness (QED) is 0.790. The number of hydrogen-bond acceptors (Lipinski definition) is 4. The lowest BCUT2D eigenvalue weighted by molar-refractivity contribution is 0.594. The molecule has 1 aromatic rings. The van der Waals surface area contributed by atoms with Gasteiger partial charge in [0.05, 0.1) is 0 Å². The Bertz CT molecular complexity index is 211. The second kappa shape index (κ2) is 6.40. The maximum Gasteiger partial charge on any atom is 0.106 e. The molecule has 0 saturated carbocycles. The van der Waals surface area contributed by atoms with E-state index < -0.39 is 0 Å². The summed E-state index contributed by atoms with van der Waals surface area (Å²) in [5, 5.41) is 6.64. The number of thiazole rings is 1. The van der Waals surface area contributed by atoms with Gasteiger partial charge in [-0.3, -0.25) is 0 Å². The first-order valence-corrected chi connectivity index (χ1v) is 6.56. The first-order chi connectivity index (χ1) is 6.33. The first-order valence-electron chi connectivity index (χ1n) is 4.52. The van der Waals surface area contributed by atoms with Crippen LogP contribution < -0.4 is 5.32 Å². The van der Waals surface area contributed by atoms with Crippen molar-refractivity contribution in [2.24, 2.45) is 0 Å². The van der Waals surface area contributed by atoms with Crippen LogP contribution in [-0.4, -0.2) is 22.5 Å². The Morgan fingerprint density at radius 3 is 3.15 bits per heavy atom. The van der Waals surface area contributed by atoms with Crippen LogP contribution in [-0.2, 0) is 6.54 Å². The lowest BCUT2D eigenvalue weighted by Gasteiger charge is -2.11. The molecule has 1 atom stereocenters. The zero-order valence-corrected chi connectivity index (χ0v) is 9.75. The average molecular weight is 216 g/mol. The van der Waals surface area contributed by atoms with Crippen molar-refractivity contribution < 1.29 is 0 Å². The van der Waals surface area contributed by atoms with Crippen molar-refractivity contribution in [3.63, 3.8) is 0 Å². The summed E-state index contributed by atoms with van der Waals surface area (Å²) < 4.78 is 0. The van der Waals surface area contributed by atoms with E-state index in [1.807, 2.05) is 23.3 Å². The van der Waals surface area contributed by atoms with Crippen LogP contribution >= 0.6 is 23.1 Å². The van der Waals surface area contributed by atoms with Crippen molar-refractivity contribution >= 4 is 23.1 Å². The third-order valence-electron chi connectivity index (χ3n) is 1.66. The van der Waals surface area contributed by atoms with Crippen molar-refractivity contribution in [3.8, 4) is 0 Å². The van der Waals surface area contributed by atoms with Crippen molar-refractivity contribution in [2.75, 3.05) is 11.5 Å². The van der Waals surface area contributed by atoms with Crippen LogP contribution in [0, 0.1) is 0 Å². The third-order valence-corrected chi connectivity index (χ3v) is 3.58. The molecule has 1 unspecified atom stereocenters. The first kappa shape index (κ1) is 11.0. The molecular formula is C9H16N2S2. The van der Waals surface area contributed by atoms with Crippen LogP contribution in [0.1, 0.15) is 18.9 Å². The largest absolute Gasteiger partial charge is 0.307 e. The van der Waals surface area contributed by atoms with Crippen LogP contribution in [0.5, 0.6) is 0 Å². The molecule has 1 rings (SSSR count). The predicted molar refractivity (Wildman–Crippen MR) is 61.4 cm³/mol. The minimum atomic E-state index is 0.578. The minimum Gasteiger partial charge on any atom is -0.307 e. The molecule has 1 N–H and O–H groups in total. The highest BCUT2D eigenvalue weighted by molar-refractivity contribution is 7.99.